The lowest BCUT2D eigenvalue weighted by Gasteiger charge is -2.12. The molecule has 0 fully saturated rings. The third-order valence-electron chi connectivity index (χ3n) is 2.79. The minimum atomic E-state index is -3.43. The Morgan fingerprint density at radius 3 is 2.76 bits per heavy atom. The summed E-state index contributed by atoms with van der Waals surface area (Å²) in [6.45, 7) is 3.41. The maximum atomic E-state index is 11.9. The number of hydrogen-bond donors (Lipinski definition) is 2. The summed E-state index contributed by atoms with van der Waals surface area (Å²) in [5.41, 5.74) is 1.83. The van der Waals surface area contributed by atoms with Gasteiger partial charge in [-0.2, -0.15) is 0 Å². The summed E-state index contributed by atoms with van der Waals surface area (Å²) >= 11 is 0. The monoisotopic (exact) mass is 311 g/mol. The van der Waals surface area contributed by atoms with Gasteiger partial charge in [0.2, 0.25) is 15.9 Å². The predicted molar refractivity (Wildman–Crippen MR) is 79.5 cm³/mol. The van der Waals surface area contributed by atoms with Gasteiger partial charge in [-0.3, -0.25) is 4.79 Å². The first-order valence-electron chi connectivity index (χ1n) is 6.46. The van der Waals surface area contributed by atoms with Crippen LogP contribution >= 0.6 is 0 Å². The lowest BCUT2D eigenvalue weighted by Crippen LogP contribution is -2.40. The summed E-state index contributed by atoms with van der Waals surface area (Å²) < 4.78 is 29.9. The molecule has 8 heteroatoms. The highest BCUT2D eigenvalue weighted by Gasteiger charge is 2.17. The Bertz CT molecular complexity index is 767. The highest BCUT2D eigenvalue weighted by Crippen LogP contribution is 2.20. The van der Waals surface area contributed by atoms with Crippen molar-refractivity contribution in [3.8, 4) is 0 Å². The summed E-state index contributed by atoms with van der Waals surface area (Å²) in [4.78, 5) is 16.2. The van der Waals surface area contributed by atoms with Crippen molar-refractivity contribution >= 4 is 32.7 Å². The van der Waals surface area contributed by atoms with Crippen molar-refractivity contribution in [2.45, 2.75) is 26.3 Å². The van der Waals surface area contributed by atoms with E-state index in [1.165, 1.54) is 6.92 Å². The Morgan fingerprint density at radius 1 is 1.43 bits per heavy atom. The Labute approximate surface area is 122 Å². The van der Waals surface area contributed by atoms with Crippen molar-refractivity contribution in [2.75, 3.05) is 11.6 Å². The van der Waals surface area contributed by atoms with Crippen molar-refractivity contribution in [3.05, 3.63) is 24.1 Å². The number of fused-ring (bicyclic) bond motifs is 1. The first-order valence-corrected chi connectivity index (χ1v) is 8.35. The van der Waals surface area contributed by atoms with E-state index < -0.39 is 22.0 Å². The zero-order chi connectivity index (χ0) is 15.6. The number of nitrogens with one attached hydrogen (secondary N) is 2. The molecule has 21 heavy (non-hydrogen) atoms. The molecule has 1 aromatic heterocycles. The number of hydrogen-bond acceptors (Lipinski definition) is 5. The fourth-order valence-electron chi connectivity index (χ4n) is 1.83. The van der Waals surface area contributed by atoms with Crippen molar-refractivity contribution in [1.82, 2.24) is 9.71 Å². The molecule has 114 valence electrons. The van der Waals surface area contributed by atoms with Gasteiger partial charge in [-0.1, -0.05) is 6.92 Å². The molecule has 2 N–H and O–H groups in total. The third kappa shape index (κ3) is 4.02. The molecule has 1 amide bonds. The molecule has 2 rings (SSSR count). The van der Waals surface area contributed by atoms with E-state index in [9.17, 15) is 13.2 Å². The van der Waals surface area contributed by atoms with Crippen molar-refractivity contribution in [1.29, 1.82) is 0 Å². The molecule has 0 saturated carbocycles. The Balaban J connectivity index is 2.13. The predicted octanol–water partition coefficient (Wildman–Crippen LogP) is 1.27. The molecule has 7 nitrogen and oxygen atoms in total. The van der Waals surface area contributed by atoms with Gasteiger partial charge in [0.05, 0.1) is 12.3 Å². The number of aromatic nitrogens is 1. The van der Waals surface area contributed by atoms with Crippen LogP contribution in [0, 0.1) is 0 Å². The molecule has 1 atom stereocenters. The Morgan fingerprint density at radius 2 is 2.14 bits per heavy atom. The molecule has 0 bridgehead atoms. The number of carbonyl (C=O) groups is 1. The van der Waals surface area contributed by atoms with Crippen LogP contribution in [-0.2, 0) is 21.2 Å². The van der Waals surface area contributed by atoms with Crippen LogP contribution in [0.2, 0.25) is 0 Å². The van der Waals surface area contributed by atoms with Crippen molar-refractivity contribution in [2.24, 2.45) is 0 Å². The summed E-state index contributed by atoms with van der Waals surface area (Å²) in [6, 6.07) is 4.21. The van der Waals surface area contributed by atoms with Gasteiger partial charge in [-0.15, -0.1) is 0 Å². The molecule has 0 aliphatic rings. The molecule has 0 spiro atoms. The minimum Gasteiger partial charge on any atom is -0.441 e. The average Bonchev–Trinajstić information content (AvgIpc) is 2.78. The van der Waals surface area contributed by atoms with Crippen LogP contribution in [-0.4, -0.2) is 31.6 Å². The second kappa shape index (κ2) is 5.82. The first kappa shape index (κ1) is 15.5. The van der Waals surface area contributed by atoms with Crippen LogP contribution in [0.15, 0.2) is 22.6 Å². The summed E-state index contributed by atoms with van der Waals surface area (Å²) in [7, 11) is -3.43. The van der Waals surface area contributed by atoms with Gasteiger partial charge >= 0.3 is 0 Å². The van der Waals surface area contributed by atoms with E-state index in [1.54, 1.807) is 18.2 Å². The van der Waals surface area contributed by atoms with Gasteiger partial charge in [0.15, 0.2) is 11.5 Å². The fourth-order valence-corrected chi connectivity index (χ4v) is 2.58. The van der Waals surface area contributed by atoms with Crippen molar-refractivity contribution in [3.63, 3.8) is 0 Å². The summed E-state index contributed by atoms with van der Waals surface area (Å²) in [6.07, 6.45) is 1.69. The van der Waals surface area contributed by atoms with E-state index in [0.717, 1.165) is 6.26 Å². The highest BCUT2D eigenvalue weighted by atomic mass is 32.2. The summed E-state index contributed by atoms with van der Waals surface area (Å²) in [5.74, 6) is 0.180. The van der Waals surface area contributed by atoms with Crippen LogP contribution < -0.4 is 10.0 Å². The number of nitrogens with zero attached hydrogens (tertiary/aromatic N) is 1. The number of anilines is 1. The van der Waals surface area contributed by atoms with E-state index in [2.05, 4.69) is 15.0 Å². The van der Waals surface area contributed by atoms with E-state index in [0.29, 0.717) is 29.1 Å². The third-order valence-corrected chi connectivity index (χ3v) is 3.57. The number of oxazole rings is 1. The Hall–Kier alpha value is -1.93. The number of benzene rings is 1. The average molecular weight is 311 g/mol. The molecule has 1 heterocycles. The number of sulfonamides is 1. The molecule has 0 aliphatic heterocycles. The second-order valence-corrected chi connectivity index (χ2v) is 6.52. The standard InChI is InChI=1S/C13H17N3O4S/c1-4-12-15-10-7-9(5-6-11(10)20-12)14-13(17)8(2)16-21(3,18)19/h5-8,16H,4H2,1-3H3,(H,14,17)/t8-/m1/s1. The van der Waals surface area contributed by atoms with Crippen LogP contribution in [0.3, 0.4) is 0 Å². The largest absolute Gasteiger partial charge is 0.441 e. The first-order chi connectivity index (χ1) is 9.78. The van der Waals surface area contributed by atoms with Crippen LogP contribution in [0.5, 0.6) is 0 Å². The maximum absolute atomic E-state index is 11.9. The minimum absolute atomic E-state index is 0.445. The van der Waals surface area contributed by atoms with Gasteiger partial charge in [0.1, 0.15) is 5.52 Å². The van der Waals surface area contributed by atoms with Gasteiger partial charge in [0.25, 0.3) is 0 Å². The molecule has 0 saturated heterocycles. The lowest BCUT2D eigenvalue weighted by molar-refractivity contribution is -0.117. The van der Waals surface area contributed by atoms with E-state index in [4.69, 9.17) is 4.42 Å². The summed E-state index contributed by atoms with van der Waals surface area (Å²) in [5, 5.41) is 2.64. The maximum Gasteiger partial charge on any atom is 0.242 e. The molecule has 0 radical (unpaired) electrons. The molecule has 0 unspecified atom stereocenters. The quantitative estimate of drug-likeness (QED) is 0.866. The normalized spacial score (nSPS) is 13.3. The molecular weight excluding hydrogens is 294 g/mol. The van der Waals surface area contributed by atoms with Crippen LogP contribution in [0.1, 0.15) is 19.7 Å². The molecule has 1 aromatic carbocycles. The van der Waals surface area contributed by atoms with E-state index in [1.807, 2.05) is 6.92 Å². The Kier molecular flexibility index (Phi) is 4.29. The molecule has 2 aromatic rings. The lowest BCUT2D eigenvalue weighted by atomic mass is 10.2. The van der Waals surface area contributed by atoms with Gasteiger partial charge in [-0.05, 0) is 25.1 Å². The highest BCUT2D eigenvalue weighted by molar-refractivity contribution is 7.88. The van der Waals surface area contributed by atoms with Crippen LogP contribution in [0.4, 0.5) is 5.69 Å². The molecular formula is C13H17N3O4S. The fraction of sp³-hybridized carbons (Fsp3) is 0.385. The molecule has 0 aliphatic carbocycles. The topological polar surface area (TPSA) is 101 Å². The zero-order valence-corrected chi connectivity index (χ0v) is 12.8. The number of aryl methyl sites for hydroxylation is 1. The number of carbonyl (C=O) groups excluding carboxylic acids is 1. The number of amides is 1. The number of rotatable bonds is 5. The van der Waals surface area contributed by atoms with Crippen LogP contribution in [0.25, 0.3) is 11.1 Å². The van der Waals surface area contributed by atoms with Crippen molar-refractivity contribution < 1.29 is 17.6 Å². The SMILES string of the molecule is CCc1nc2cc(NC(=O)[C@@H](C)NS(C)(=O)=O)ccc2o1. The van der Waals surface area contributed by atoms with Gasteiger partial charge < -0.3 is 9.73 Å². The zero-order valence-electron chi connectivity index (χ0n) is 12.0. The second-order valence-electron chi connectivity index (χ2n) is 4.74. The van der Waals surface area contributed by atoms with E-state index in [-0.39, 0.29) is 0 Å². The smallest absolute Gasteiger partial charge is 0.242 e. The van der Waals surface area contributed by atoms with Gasteiger partial charge in [0, 0.05) is 12.1 Å². The van der Waals surface area contributed by atoms with Gasteiger partial charge in [-0.25, -0.2) is 18.1 Å². The van der Waals surface area contributed by atoms with E-state index >= 15 is 0 Å².